The lowest BCUT2D eigenvalue weighted by atomic mass is 9.85. The second-order valence-electron chi connectivity index (χ2n) is 8.68. The standard InChI is InChI=1S/C23H35N3O4/c1-15(22(29)30)13-16(2)26(7)21(28)19(23(3,4)5)25-20(27)18(24-6)14-17-11-9-8-10-12-17/h8-13,16,18-19,24H,14H2,1-7H3,(H,25,27)(H,29,30)/t16-,18-,19+/m0/s1. The van der Waals surface area contributed by atoms with Crippen molar-refractivity contribution in [3.63, 3.8) is 0 Å². The van der Waals surface area contributed by atoms with Crippen molar-refractivity contribution in [3.05, 3.63) is 47.5 Å². The van der Waals surface area contributed by atoms with Crippen molar-refractivity contribution < 1.29 is 19.5 Å². The van der Waals surface area contributed by atoms with Crippen LogP contribution in [0.15, 0.2) is 42.0 Å². The van der Waals surface area contributed by atoms with Crippen molar-refractivity contribution in [2.75, 3.05) is 14.1 Å². The van der Waals surface area contributed by atoms with Gasteiger partial charge in [-0.2, -0.15) is 0 Å². The highest BCUT2D eigenvalue weighted by molar-refractivity contribution is 5.91. The van der Waals surface area contributed by atoms with Gasteiger partial charge in [0.05, 0.1) is 6.04 Å². The third-order valence-electron chi connectivity index (χ3n) is 5.13. The summed E-state index contributed by atoms with van der Waals surface area (Å²) in [5.41, 5.74) is 0.652. The van der Waals surface area contributed by atoms with Crippen LogP contribution in [0.2, 0.25) is 0 Å². The summed E-state index contributed by atoms with van der Waals surface area (Å²) in [5, 5.41) is 15.0. The molecule has 0 heterocycles. The molecule has 30 heavy (non-hydrogen) atoms. The fraction of sp³-hybridized carbons (Fsp3) is 0.522. The van der Waals surface area contributed by atoms with Gasteiger partial charge in [-0.15, -0.1) is 0 Å². The minimum Gasteiger partial charge on any atom is -0.478 e. The van der Waals surface area contributed by atoms with Gasteiger partial charge in [-0.3, -0.25) is 9.59 Å². The Balaban J connectivity index is 3.00. The topological polar surface area (TPSA) is 98.7 Å². The number of nitrogens with zero attached hydrogens (tertiary/aromatic N) is 1. The molecule has 0 aliphatic carbocycles. The van der Waals surface area contributed by atoms with Crippen molar-refractivity contribution in [3.8, 4) is 0 Å². The van der Waals surface area contributed by atoms with E-state index in [0.29, 0.717) is 6.42 Å². The molecule has 0 unspecified atom stereocenters. The monoisotopic (exact) mass is 417 g/mol. The largest absolute Gasteiger partial charge is 0.478 e. The van der Waals surface area contributed by atoms with E-state index in [9.17, 15) is 14.4 Å². The van der Waals surface area contributed by atoms with Gasteiger partial charge in [0.15, 0.2) is 0 Å². The number of aliphatic carboxylic acids is 1. The molecule has 0 saturated carbocycles. The lowest BCUT2D eigenvalue weighted by Gasteiger charge is -2.36. The Bertz CT molecular complexity index is 768. The molecule has 0 fully saturated rings. The average Bonchev–Trinajstić information content (AvgIpc) is 2.68. The Morgan fingerprint density at radius 3 is 2.20 bits per heavy atom. The molecule has 0 spiro atoms. The van der Waals surface area contributed by atoms with Gasteiger partial charge >= 0.3 is 5.97 Å². The van der Waals surface area contributed by atoms with E-state index in [1.807, 2.05) is 51.1 Å². The summed E-state index contributed by atoms with van der Waals surface area (Å²) in [6, 6.07) is 8.00. The molecule has 0 aromatic heterocycles. The van der Waals surface area contributed by atoms with E-state index < -0.39 is 29.5 Å². The molecule has 166 valence electrons. The van der Waals surface area contributed by atoms with Gasteiger partial charge in [0.25, 0.3) is 0 Å². The first kappa shape index (κ1) is 25.4. The van der Waals surface area contributed by atoms with Crippen LogP contribution in [0.1, 0.15) is 40.2 Å². The number of carbonyl (C=O) groups excluding carboxylic acids is 2. The Hall–Kier alpha value is -2.67. The Morgan fingerprint density at radius 2 is 1.73 bits per heavy atom. The molecule has 3 N–H and O–H groups in total. The van der Waals surface area contributed by atoms with Crippen LogP contribution in [-0.2, 0) is 20.8 Å². The maximum absolute atomic E-state index is 13.2. The summed E-state index contributed by atoms with van der Waals surface area (Å²) in [6.07, 6.45) is 2.02. The molecule has 0 radical (unpaired) electrons. The lowest BCUT2D eigenvalue weighted by molar-refractivity contribution is -0.139. The zero-order valence-electron chi connectivity index (χ0n) is 19.0. The summed E-state index contributed by atoms with van der Waals surface area (Å²) in [7, 11) is 3.33. The van der Waals surface area contributed by atoms with Gasteiger partial charge in [-0.05, 0) is 38.3 Å². The number of carboxylic acids is 1. The number of hydrogen-bond acceptors (Lipinski definition) is 4. The summed E-state index contributed by atoms with van der Waals surface area (Å²) < 4.78 is 0. The average molecular weight is 418 g/mol. The molecular formula is C23H35N3O4. The molecule has 3 atom stereocenters. The maximum Gasteiger partial charge on any atom is 0.331 e. The summed E-state index contributed by atoms with van der Waals surface area (Å²) >= 11 is 0. The van der Waals surface area contributed by atoms with E-state index in [1.165, 1.54) is 17.9 Å². The van der Waals surface area contributed by atoms with Crippen LogP contribution in [0.4, 0.5) is 0 Å². The van der Waals surface area contributed by atoms with Crippen LogP contribution in [0.25, 0.3) is 0 Å². The molecule has 0 aliphatic rings. The second-order valence-corrected chi connectivity index (χ2v) is 8.68. The summed E-state index contributed by atoms with van der Waals surface area (Å²) in [5.74, 6) is -1.55. The number of benzene rings is 1. The van der Waals surface area contributed by atoms with Gasteiger partial charge in [-0.25, -0.2) is 4.79 Å². The van der Waals surface area contributed by atoms with Crippen LogP contribution in [-0.4, -0.2) is 60.0 Å². The number of likely N-dealkylation sites (N-methyl/N-ethyl adjacent to an activating group) is 2. The van der Waals surface area contributed by atoms with Crippen molar-refractivity contribution in [2.45, 2.75) is 59.2 Å². The highest BCUT2D eigenvalue weighted by atomic mass is 16.4. The first-order chi connectivity index (χ1) is 13.9. The highest BCUT2D eigenvalue weighted by Gasteiger charge is 2.36. The highest BCUT2D eigenvalue weighted by Crippen LogP contribution is 2.22. The van der Waals surface area contributed by atoms with Gasteiger partial charge in [0, 0.05) is 18.7 Å². The van der Waals surface area contributed by atoms with E-state index in [-0.39, 0.29) is 17.4 Å². The van der Waals surface area contributed by atoms with Crippen LogP contribution >= 0.6 is 0 Å². The normalized spacial score (nSPS) is 15.1. The van der Waals surface area contributed by atoms with Crippen molar-refractivity contribution in [2.24, 2.45) is 5.41 Å². The molecule has 1 aromatic rings. The molecule has 7 nitrogen and oxygen atoms in total. The van der Waals surface area contributed by atoms with E-state index in [2.05, 4.69) is 10.6 Å². The van der Waals surface area contributed by atoms with Crippen LogP contribution in [0.3, 0.4) is 0 Å². The fourth-order valence-corrected chi connectivity index (χ4v) is 3.02. The van der Waals surface area contributed by atoms with Gasteiger partial charge < -0.3 is 20.6 Å². The number of carboxylic acid groups (broad SMARTS) is 1. The molecule has 7 heteroatoms. The molecule has 0 saturated heterocycles. The predicted molar refractivity (Wildman–Crippen MR) is 118 cm³/mol. The number of nitrogens with one attached hydrogen (secondary N) is 2. The van der Waals surface area contributed by atoms with Crippen LogP contribution < -0.4 is 10.6 Å². The van der Waals surface area contributed by atoms with E-state index in [0.717, 1.165) is 5.56 Å². The van der Waals surface area contributed by atoms with Gasteiger partial charge in [0.1, 0.15) is 6.04 Å². The Kier molecular flexibility index (Phi) is 9.23. The second kappa shape index (κ2) is 10.9. The molecule has 0 bridgehead atoms. The summed E-state index contributed by atoms with van der Waals surface area (Å²) in [6.45, 7) is 8.90. The quantitative estimate of drug-likeness (QED) is 0.535. The van der Waals surface area contributed by atoms with Crippen molar-refractivity contribution >= 4 is 17.8 Å². The van der Waals surface area contributed by atoms with Crippen LogP contribution in [0.5, 0.6) is 0 Å². The van der Waals surface area contributed by atoms with Gasteiger partial charge in [-0.1, -0.05) is 57.2 Å². The zero-order chi connectivity index (χ0) is 23.1. The third-order valence-corrected chi connectivity index (χ3v) is 5.13. The van der Waals surface area contributed by atoms with E-state index >= 15 is 0 Å². The molecule has 0 aliphatic heterocycles. The van der Waals surface area contributed by atoms with Gasteiger partial charge in [0.2, 0.25) is 11.8 Å². The Labute approximate surface area is 179 Å². The van der Waals surface area contributed by atoms with E-state index in [4.69, 9.17) is 5.11 Å². The molecule has 1 aromatic carbocycles. The van der Waals surface area contributed by atoms with Crippen molar-refractivity contribution in [1.82, 2.24) is 15.5 Å². The number of hydrogen-bond donors (Lipinski definition) is 3. The van der Waals surface area contributed by atoms with Crippen LogP contribution in [0, 0.1) is 5.41 Å². The number of carbonyl (C=O) groups is 3. The SMILES string of the molecule is CN[C@@H](Cc1ccccc1)C(=O)N[C@H](C(=O)N(C)[C@@H](C)C=C(C)C(=O)O)C(C)(C)C. The number of rotatable bonds is 9. The third kappa shape index (κ3) is 7.30. The molecule has 2 amide bonds. The minimum absolute atomic E-state index is 0.164. The lowest BCUT2D eigenvalue weighted by Crippen LogP contribution is -2.58. The first-order valence-corrected chi connectivity index (χ1v) is 10.1. The predicted octanol–water partition coefficient (Wildman–Crippen LogP) is 2.23. The first-order valence-electron chi connectivity index (χ1n) is 10.1. The minimum atomic E-state index is -1.03. The van der Waals surface area contributed by atoms with E-state index in [1.54, 1.807) is 21.0 Å². The summed E-state index contributed by atoms with van der Waals surface area (Å²) in [4.78, 5) is 38.7. The number of amides is 2. The maximum atomic E-state index is 13.2. The smallest absolute Gasteiger partial charge is 0.331 e. The zero-order valence-corrected chi connectivity index (χ0v) is 19.0. The Morgan fingerprint density at radius 1 is 1.17 bits per heavy atom. The molecular weight excluding hydrogens is 382 g/mol. The fourth-order valence-electron chi connectivity index (χ4n) is 3.02. The van der Waals surface area contributed by atoms with Crippen molar-refractivity contribution in [1.29, 1.82) is 0 Å². The molecule has 1 rings (SSSR count).